The van der Waals surface area contributed by atoms with E-state index >= 15 is 0 Å². The van der Waals surface area contributed by atoms with Crippen molar-refractivity contribution in [2.45, 2.75) is 13.3 Å². The van der Waals surface area contributed by atoms with Crippen LogP contribution in [0.2, 0.25) is 0 Å². The van der Waals surface area contributed by atoms with E-state index in [-0.39, 0.29) is 5.91 Å². The molecule has 12 heavy (non-hydrogen) atoms. The standard InChI is InChI=1S/C7H12N2O3/c1-4-5(10)8-7(11)9(2)6(4)12-3/h7,11H,1-3H3,(H,8,10). The first-order valence-electron chi connectivity index (χ1n) is 3.54. The normalized spacial score (nSPS) is 24.2. The highest BCUT2D eigenvalue weighted by Gasteiger charge is 2.27. The first-order valence-corrected chi connectivity index (χ1v) is 3.54. The monoisotopic (exact) mass is 172 g/mol. The van der Waals surface area contributed by atoms with Gasteiger partial charge in [0, 0.05) is 7.05 Å². The lowest BCUT2D eigenvalue weighted by Gasteiger charge is -2.32. The summed E-state index contributed by atoms with van der Waals surface area (Å²) >= 11 is 0. The lowest BCUT2D eigenvalue weighted by atomic mass is 10.2. The fourth-order valence-corrected chi connectivity index (χ4v) is 1.09. The number of rotatable bonds is 1. The molecule has 0 aliphatic carbocycles. The van der Waals surface area contributed by atoms with Crippen LogP contribution in [-0.4, -0.2) is 36.4 Å². The summed E-state index contributed by atoms with van der Waals surface area (Å²) in [6.45, 7) is 1.64. The first-order chi connectivity index (χ1) is 5.57. The molecule has 1 amide bonds. The van der Waals surface area contributed by atoms with Gasteiger partial charge < -0.3 is 20.1 Å². The van der Waals surface area contributed by atoms with E-state index in [2.05, 4.69) is 5.32 Å². The molecule has 5 heteroatoms. The Hall–Kier alpha value is -1.23. The Morgan fingerprint density at radius 1 is 1.67 bits per heavy atom. The van der Waals surface area contributed by atoms with Gasteiger partial charge in [0.2, 0.25) is 12.2 Å². The van der Waals surface area contributed by atoms with Gasteiger partial charge in [0.15, 0.2) is 0 Å². The highest BCUT2D eigenvalue weighted by atomic mass is 16.5. The Balaban J connectivity index is 3.00. The van der Waals surface area contributed by atoms with Crippen LogP contribution in [0.25, 0.3) is 0 Å². The van der Waals surface area contributed by atoms with Crippen LogP contribution in [0, 0.1) is 0 Å². The summed E-state index contributed by atoms with van der Waals surface area (Å²) in [6, 6.07) is 0. The molecule has 0 bridgehead atoms. The van der Waals surface area contributed by atoms with Crippen LogP contribution >= 0.6 is 0 Å². The van der Waals surface area contributed by atoms with Crippen molar-refractivity contribution in [1.29, 1.82) is 0 Å². The lowest BCUT2D eigenvalue weighted by Crippen LogP contribution is -2.51. The molecule has 1 aliphatic heterocycles. The summed E-state index contributed by atoms with van der Waals surface area (Å²) < 4.78 is 4.94. The quantitative estimate of drug-likeness (QED) is 0.543. The third-order valence-corrected chi connectivity index (χ3v) is 1.80. The second kappa shape index (κ2) is 3.02. The molecule has 1 aliphatic rings. The topological polar surface area (TPSA) is 61.8 Å². The number of hydrogen-bond donors (Lipinski definition) is 2. The van der Waals surface area contributed by atoms with E-state index in [0.717, 1.165) is 0 Å². The summed E-state index contributed by atoms with van der Waals surface area (Å²) in [5.74, 6) is 0.0868. The molecule has 0 saturated heterocycles. The van der Waals surface area contributed by atoms with E-state index in [4.69, 9.17) is 4.74 Å². The van der Waals surface area contributed by atoms with Gasteiger partial charge in [0.1, 0.15) is 0 Å². The minimum Gasteiger partial charge on any atom is -0.482 e. The smallest absolute Gasteiger partial charge is 0.255 e. The number of nitrogens with zero attached hydrogens (tertiary/aromatic N) is 1. The maximum Gasteiger partial charge on any atom is 0.255 e. The number of carbonyl (C=O) groups is 1. The first kappa shape index (κ1) is 8.86. The Kier molecular flexibility index (Phi) is 2.23. The van der Waals surface area contributed by atoms with Gasteiger partial charge >= 0.3 is 0 Å². The van der Waals surface area contributed by atoms with E-state index < -0.39 is 6.35 Å². The largest absolute Gasteiger partial charge is 0.482 e. The summed E-state index contributed by atoms with van der Waals surface area (Å²) in [6.07, 6.45) is -1.00. The molecule has 68 valence electrons. The molecular weight excluding hydrogens is 160 g/mol. The van der Waals surface area contributed by atoms with Crippen LogP contribution in [0.4, 0.5) is 0 Å². The van der Waals surface area contributed by atoms with Gasteiger partial charge in [-0.25, -0.2) is 0 Å². The van der Waals surface area contributed by atoms with Gasteiger partial charge in [-0.05, 0) is 6.92 Å². The molecule has 0 fully saturated rings. The van der Waals surface area contributed by atoms with Crippen molar-refractivity contribution in [3.05, 3.63) is 11.5 Å². The maximum absolute atomic E-state index is 11.1. The molecular formula is C7H12N2O3. The van der Waals surface area contributed by atoms with Crippen molar-refractivity contribution in [1.82, 2.24) is 10.2 Å². The van der Waals surface area contributed by atoms with Gasteiger partial charge in [-0.1, -0.05) is 0 Å². The maximum atomic E-state index is 11.1. The van der Waals surface area contributed by atoms with E-state index in [1.165, 1.54) is 12.0 Å². The van der Waals surface area contributed by atoms with Crippen molar-refractivity contribution in [3.63, 3.8) is 0 Å². The SMILES string of the molecule is COC1=C(C)C(=O)NC(O)N1C. The van der Waals surface area contributed by atoms with Crippen molar-refractivity contribution in [2.24, 2.45) is 0 Å². The van der Waals surface area contributed by atoms with Crippen LogP contribution in [0.15, 0.2) is 11.5 Å². The average Bonchev–Trinajstić information content (AvgIpc) is 2.02. The second-order valence-corrected chi connectivity index (χ2v) is 2.59. The van der Waals surface area contributed by atoms with Crippen LogP contribution < -0.4 is 5.32 Å². The molecule has 0 saturated carbocycles. The highest BCUT2D eigenvalue weighted by Crippen LogP contribution is 2.15. The Morgan fingerprint density at radius 3 is 2.75 bits per heavy atom. The number of aliphatic hydroxyl groups is 1. The highest BCUT2D eigenvalue weighted by molar-refractivity contribution is 5.94. The number of ether oxygens (including phenoxy) is 1. The molecule has 0 aromatic rings. The summed E-state index contributed by atoms with van der Waals surface area (Å²) in [5, 5.41) is 11.6. The number of methoxy groups -OCH3 is 1. The molecule has 1 unspecified atom stereocenters. The lowest BCUT2D eigenvalue weighted by molar-refractivity contribution is -0.128. The summed E-state index contributed by atoms with van der Waals surface area (Å²) in [5.41, 5.74) is 0.463. The van der Waals surface area contributed by atoms with Gasteiger partial charge in [-0.15, -0.1) is 0 Å². The molecule has 5 nitrogen and oxygen atoms in total. The van der Waals surface area contributed by atoms with Gasteiger partial charge in [-0.3, -0.25) is 4.79 Å². The third kappa shape index (κ3) is 1.23. The van der Waals surface area contributed by atoms with E-state index in [9.17, 15) is 9.90 Å². The molecule has 2 N–H and O–H groups in total. The van der Waals surface area contributed by atoms with Gasteiger partial charge in [-0.2, -0.15) is 0 Å². The number of aliphatic hydroxyl groups excluding tert-OH is 1. The third-order valence-electron chi connectivity index (χ3n) is 1.80. The molecule has 0 radical (unpaired) electrons. The molecule has 1 heterocycles. The number of hydrogen-bond acceptors (Lipinski definition) is 4. The second-order valence-electron chi connectivity index (χ2n) is 2.59. The van der Waals surface area contributed by atoms with E-state index in [0.29, 0.717) is 11.5 Å². The Labute approximate surface area is 70.6 Å². The summed E-state index contributed by atoms with van der Waals surface area (Å²) in [7, 11) is 3.09. The number of nitrogens with one attached hydrogen (secondary N) is 1. The molecule has 0 aromatic heterocycles. The predicted octanol–water partition coefficient (Wildman–Crippen LogP) is -0.798. The van der Waals surface area contributed by atoms with Crippen molar-refractivity contribution in [2.75, 3.05) is 14.2 Å². The van der Waals surface area contributed by atoms with Crippen molar-refractivity contribution < 1.29 is 14.6 Å². The van der Waals surface area contributed by atoms with Gasteiger partial charge in [0.05, 0.1) is 12.7 Å². The van der Waals surface area contributed by atoms with Crippen molar-refractivity contribution in [3.8, 4) is 0 Å². The van der Waals surface area contributed by atoms with Crippen LogP contribution in [-0.2, 0) is 9.53 Å². The molecule has 1 atom stereocenters. The number of amides is 1. The Bertz CT molecular complexity index is 237. The average molecular weight is 172 g/mol. The van der Waals surface area contributed by atoms with Gasteiger partial charge in [0.25, 0.3) is 5.91 Å². The molecule has 1 rings (SSSR count). The van der Waals surface area contributed by atoms with Crippen LogP contribution in [0.1, 0.15) is 6.92 Å². The molecule has 0 aromatic carbocycles. The zero-order chi connectivity index (χ0) is 9.30. The molecule has 0 spiro atoms. The van der Waals surface area contributed by atoms with E-state index in [1.54, 1.807) is 14.0 Å². The number of carbonyl (C=O) groups excluding carboxylic acids is 1. The minimum absolute atomic E-state index is 0.308. The van der Waals surface area contributed by atoms with Crippen molar-refractivity contribution >= 4 is 5.91 Å². The van der Waals surface area contributed by atoms with E-state index in [1.807, 2.05) is 0 Å². The zero-order valence-electron chi connectivity index (χ0n) is 7.29. The van der Waals surface area contributed by atoms with Crippen LogP contribution in [0.5, 0.6) is 0 Å². The minimum atomic E-state index is -1.00. The zero-order valence-corrected chi connectivity index (χ0v) is 7.29. The van der Waals surface area contributed by atoms with Crippen LogP contribution in [0.3, 0.4) is 0 Å². The fourth-order valence-electron chi connectivity index (χ4n) is 1.09. The Morgan fingerprint density at radius 2 is 2.25 bits per heavy atom. The summed E-state index contributed by atoms with van der Waals surface area (Å²) in [4.78, 5) is 12.5. The predicted molar refractivity (Wildman–Crippen MR) is 41.6 cm³/mol. The fraction of sp³-hybridized carbons (Fsp3) is 0.571.